The lowest BCUT2D eigenvalue weighted by Crippen LogP contribution is -2.40. The van der Waals surface area contributed by atoms with Gasteiger partial charge in [-0.25, -0.2) is 8.42 Å². The first-order valence-corrected chi connectivity index (χ1v) is 10.7. The lowest BCUT2D eigenvalue weighted by molar-refractivity contribution is 0.347. The van der Waals surface area contributed by atoms with Gasteiger partial charge in [0.15, 0.2) is 0 Å². The van der Waals surface area contributed by atoms with Gasteiger partial charge >= 0.3 is 0 Å². The molecule has 0 bridgehead atoms. The van der Waals surface area contributed by atoms with E-state index in [0.29, 0.717) is 18.0 Å². The number of fused-ring (bicyclic) bond motifs is 1. The van der Waals surface area contributed by atoms with Crippen LogP contribution in [0.1, 0.15) is 22.0 Å². The van der Waals surface area contributed by atoms with E-state index >= 15 is 0 Å². The van der Waals surface area contributed by atoms with Crippen LogP contribution in [0.3, 0.4) is 0 Å². The molecule has 0 fully saturated rings. The first-order chi connectivity index (χ1) is 12.1. The molecule has 2 heterocycles. The Kier molecular flexibility index (Phi) is 4.41. The van der Waals surface area contributed by atoms with Crippen molar-refractivity contribution in [2.75, 3.05) is 6.54 Å². The Morgan fingerprint density at radius 2 is 1.76 bits per heavy atom. The third-order valence-electron chi connectivity index (χ3n) is 4.47. The summed E-state index contributed by atoms with van der Waals surface area (Å²) in [6.45, 7) is 0.463. The second-order valence-electron chi connectivity index (χ2n) is 5.94. The monoisotopic (exact) mass is 389 g/mol. The van der Waals surface area contributed by atoms with E-state index in [-0.39, 0.29) is 10.9 Å². The van der Waals surface area contributed by atoms with Crippen molar-refractivity contribution in [2.24, 2.45) is 0 Å². The van der Waals surface area contributed by atoms with Gasteiger partial charge in [0.2, 0.25) is 10.0 Å². The van der Waals surface area contributed by atoms with Crippen LogP contribution < -0.4 is 0 Å². The zero-order valence-corrected chi connectivity index (χ0v) is 15.7. The average molecular weight is 390 g/mol. The number of thiophene rings is 1. The maximum absolute atomic E-state index is 13.3. The molecule has 128 valence electrons. The number of nitrogens with zero attached hydrogens (tertiary/aromatic N) is 1. The van der Waals surface area contributed by atoms with Gasteiger partial charge in [-0.3, -0.25) is 0 Å². The standard InChI is InChI=1S/C19H16ClNO2S2/c20-15-7-9-16(10-8-15)25(22,23)21-12-11-14-4-1-2-5-17(14)19(21)18-6-3-13-24-18/h1-10,13,19H,11-12H2. The molecule has 2 aromatic carbocycles. The molecule has 3 nitrogen and oxygen atoms in total. The minimum absolute atomic E-state index is 0.276. The SMILES string of the molecule is O=S(=O)(c1ccc(Cl)cc1)N1CCc2ccccc2C1c1cccs1. The summed E-state index contributed by atoms with van der Waals surface area (Å²) in [6, 6.07) is 18.2. The smallest absolute Gasteiger partial charge is 0.207 e. The van der Waals surface area contributed by atoms with Crippen LogP contribution in [0.5, 0.6) is 0 Å². The van der Waals surface area contributed by atoms with Gasteiger partial charge in [0.1, 0.15) is 0 Å². The van der Waals surface area contributed by atoms with E-state index in [1.807, 2.05) is 35.7 Å². The number of rotatable bonds is 3. The van der Waals surface area contributed by atoms with Crippen LogP contribution in [0.2, 0.25) is 5.02 Å². The van der Waals surface area contributed by atoms with Crippen molar-refractivity contribution >= 4 is 33.0 Å². The molecule has 0 spiro atoms. The van der Waals surface area contributed by atoms with E-state index in [9.17, 15) is 8.42 Å². The summed E-state index contributed by atoms with van der Waals surface area (Å²) < 4.78 is 28.2. The molecule has 0 saturated heterocycles. The zero-order chi connectivity index (χ0) is 17.4. The van der Waals surface area contributed by atoms with Crippen LogP contribution in [-0.2, 0) is 16.4 Å². The third-order valence-corrected chi connectivity index (χ3v) is 7.53. The molecule has 25 heavy (non-hydrogen) atoms. The number of hydrogen-bond acceptors (Lipinski definition) is 3. The molecular weight excluding hydrogens is 374 g/mol. The predicted octanol–water partition coefficient (Wildman–Crippen LogP) is 4.74. The van der Waals surface area contributed by atoms with Gasteiger partial charge in [-0.05, 0) is 53.3 Å². The molecule has 0 amide bonds. The molecule has 0 saturated carbocycles. The number of hydrogen-bond donors (Lipinski definition) is 0. The quantitative estimate of drug-likeness (QED) is 0.648. The van der Waals surface area contributed by atoms with Crippen molar-refractivity contribution in [3.63, 3.8) is 0 Å². The summed E-state index contributed by atoms with van der Waals surface area (Å²) in [5, 5.41) is 2.51. The Hall–Kier alpha value is -1.66. The Morgan fingerprint density at radius 3 is 2.48 bits per heavy atom. The Bertz CT molecular complexity index is 983. The van der Waals surface area contributed by atoms with Crippen LogP contribution >= 0.6 is 22.9 Å². The van der Waals surface area contributed by atoms with Crippen molar-refractivity contribution < 1.29 is 8.42 Å². The number of benzene rings is 2. The summed E-state index contributed by atoms with van der Waals surface area (Å²) in [5.74, 6) is 0. The molecule has 0 radical (unpaired) electrons. The Morgan fingerprint density at radius 1 is 1.00 bits per heavy atom. The topological polar surface area (TPSA) is 37.4 Å². The summed E-state index contributed by atoms with van der Waals surface area (Å²) in [4.78, 5) is 1.31. The molecule has 0 N–H and O–H groups in total. The van der Waals surface area contributed by atoms with Crippen molar-refractivity contribution in [3.05, 3.63) is 87.1 Å². The van der Waals surface area contributed by atoms with Crippen LogP contribution in [-0.4, -0.2) is 19.3 Å². The third kappa shape index (κ3) is 3.02. The minimum atomic E-state index is -3.62. The van der Waals surface area contributed by atoms with Crippen LogP contribution in [0.25, 0.3) is 0 Å². The summed E-state index contributed by atoms with van der Waals surface area (Å²) >= 11 is 7.50. The van der Waals surface area contributed by atoms with Crippen molar-refractivity contribution in [2.45, 2.75) is 17.4 Å². The van der Waals surface area contributed by atoms with Gasteiger partial charge in [0, 0.05) is 16.4 Å². The Balaban J connectivity index is 1.84. The van der Waals surface area contributed by atoms with E-state index in [0.717, 1.165) is 10.4 Å². The lowest BCUT2D eigenvalue weighted by atomic mass is 9.93. The predicted molar refractivity (Wildman–Crippen MR) is 102 cm³/mol. The van der Waals surface area contributed by atoms with Crippen LogP contribution in [0.4, 0.5) is 0 Å². The fraction of sp³-hybridized carbons (Fsp3) is 0.158. The van der Waals surface area contributed by atoms with Gasteiger partial charge in [-0.2, -0.15) is 4.31 Å². The molecule has 1 aliphatic heterocycles. The second kappa shape index (κ2) is 6.57. The highest BCUT2D eigenvalue weighted by molar-refractivity contribution is 7.89. The first kappa shape index (κ1) is 16.8. The lowest BCUT2D eigenvalue weighted by Gasteiger charge is -2.36. The molecule has 1 aromatic heterocycles. The van der Waals surface area contributed by atoms with Crippen molar-refractivity contribution in [1.82, 2.24) is 4.31 Å². The summed E-state index contributed by atoms with van der Waals surface area (Å²) in [6.07, 6.45) is 0.713. The zero-order valence-electron chi connectivity index (χ0n) is 13.3. The van der Waals surface area contributed by atoms with E-state index in [1.165, 1.54) is 5.56 Å². The molecule has 1 aliphatic rings. The highest BCUT2D eigenvalue weighted by Gasteiger charge is 2.37. The highest BCUT2D eigenvalue weighted by Crippen LogP contribution is 2.40. The average Bonchev–Trinajstić information content (AvgIpc) is 3.15. The van der Waals surface area contributed by atoms with Crippen molar-refractivity contribution in [1.29, 1.82) is 0 Å². The fourth-order valence-electron chi connectivity index (χ4n) is 3.29. The van der Waals surface area contributed by atoms with E-state index in [4.69, 9.17) is 11.6 Å². The molecule has 0 aliphatic carbocycles. The largest absolute Gasteiger partial charge is 0.243 e. The molecule has 4 rings (SSSR count). The van der Waals surface area contributed by atoms with E-state index in [1.54, 1.807) is 39.9 Å². The maximum atomic E-state index is 13.3. The molecule has 6 heteroatoms. The van der Waals surface area contributed by atoms with Crippen LogP contribution in [0.15, 0.2) is 70.9 Å². The Labute approximate surface area is 156 Å². The molecule has 1 atom stereocenters. The normalized spacial score (nSPS) is 18.0. The fourth-order valence-corrected chi connectivity index (χ4v) is 5.92. The highest BCUT2D eigenvalue weighted by atomic mass is 35.5. The van der Waals surface area contributed by atoms with E-state index < -0.39 is 10.0 Å². The van der Waals surface area contributed by atoms with Crippen molar-refractivity contribution in [3.8, 4) is 0 Å². The van der Waals surface area contributed by atoms with Gasteiger partial charge in [-0.15, -0.1) is 11.3 Å². The molecular formula is C19H16ClNO2S2. The summed E-state index contributed by atoms with van der Waals surface area (Å²) in [7, 11) is -3.62. The molecule has 3 aromatic rings. The van der Waals surface area contributed by atoms with Crippen LogP contribution in [0, 0.1) is 0 Å². The maximum Gasteiger partial charge on any atom is 0.243 e. The minimum Gasteiger partial charge on any atom is -0.207 e. The van der Waals surface area contributed by atoms with Gasteiger partial charge < -0.3 is 0 Å². The van der Waals surface area contributed by atoms with Gasteiger partial charge in [0.05, 0.1) is 10.9 Å². The number of sulfonamides is 1. The second-order valence-corrected chi connectivity index (χ2v) is 9.24. The molecule has 1 unspecified atom stereocenters. The van der Waals surface area contributed by atoms with Gasteiger partial charge in [0.25, 0.3) is 0 Å². The van der Waals surface area contributed by atoms with E-state index in [2.05, 4.69) is 6.07 Å². The summed E-state index contributed by atoms with van der Waals surface area (Å²) in [5.41, 5.74) is 2.28. The first-order valence-electron chi connectivity index (χ1n) is 7.96. The number of halogens is 1. The van der Waals surface area contributed by atoms with Gasteiger partial charge in [-0.1, -0.05) is 41.9 Å².